The van der Waals surface area contributed by atoms with Gasteiger partial charge in [-0.15, -0.1) is 24.0 Å². The molecule has 1 fully saturated rings. The van der Waals surface area contributed by atoms with E-state index in [9.17, 15) is 4.21 Å². The Kier molecular flexibility index (Phi) is 13.7. The molecule has 2 N–H and O–H groups in total. The van der Waals surface area contributed by atoms with E-state index < -0.39 is 10.8 Å². The number of rotatable bonds is 10. The molecule has 0 spiro atoms. The number of guanidine groups is 1. The Morgan fingerprint density at radius 2 is 1.83 bits per heavy atom. The van der Waals surface area contributed by atoms with E-state index in [4.69, 9.17) is 4.74 Å². The number of benzene rings is 1. The molecular weight excluding hydrogens is 499 g/mol. The average molecular weight is 537 g/mol. The van der Waals surface area contributed by atoms with Crippen molar-refractivity contribution in [2.75, 3.05) is 52.2 Å². The standard InChI is InChI=1S/C21H36N4O2S.HI/c1-4-18(5-2)20(25-12-14-27-15-13-25)17-24-21(22-3)23-11-16-28(26)19-9-7-6-8-10-19;/h6-10,18,20H,4-5,11-17H2,1-3H3,(H2,22,23,24);1H. The Balaban J connectivity index is 0.00000420. The molecule has 2 rings (SSSR count). The van der Waals surface area contributed by atoms with Gasteiger partial charge in [0.2, 0.25) is 0 Å². The molecule has 6 nitrogen and oxygen atoms in total. The van der Waals surface area contributed by atoms with Gasteiger partial charge in [0.25, 0.3) is 0 Å². The summed E-state index contributed by atoms with van der Waals surface area (Å²) in [6.07, 6.45) is 2.34. The SMILES string of the molecule is CCC(CC)C(CNC(=NC)NCCS(=O)c1ccccc1)N1CCOCC1.I. The van der Waals surface area contributed by atoms with Gasteiger partial charge in [0.15, 0.2) is 5.96 Å². The monoisotopic (exact) mass is 536 g/mol. The van der Waals surface area contributed by atoms with Crippen molar-refractivity contribution in [3.8, 4) is 0 Å². The normalized spacial score (nSPS) is 17.4. The minimum absolute atomic E-state index is 0. The highest BCUT2D eigenvalue weighted by Crippen LogP contribution is 2.19. The fraction of sp³-hybridized carbons (Fsp3) is 0.667. The molecule has 2 atom stereocenters. The van der Waals surface area contributed by atoms with Crippen molar-refractivity contribution in [2.45, 2.75) is 37.6 Å². The second-order valence-corrected chi connectivity index (χ2v) is 8.61. The number of halogens is 1. The molecule has 8 heteroatoms. The third-order valence-corrected chi connectivity index (χ3v) is 6.77. The third-order valence-electron chi connectivity index (χ3n) is 5.40. The molecule has 0 amide bonds. The largest absolute Gasteiger partial charge is 0.379 e. The van der Waals surface area contributed by atoms with Crippen LogP contribution in [0, 0.1) is 5.92 Å². The summed E-state index contributed by atoms with van der Waals surface area (Å²) >= 11 is 0. The topological polar surface area (TPSA) is 66.0 Å². The summed E-state index contributed by atoms with van der Waals surface area (Å²) in [4.78, 5) is 7.75. The predicted molar refractivity (Wildman–Crippen MR) is 133 cm³/mol. The lowest BCUT2D eigenvalue weighted by Crippen LogP contribution is -2.53. The van der Waals surface area contributed by atoms with Gasteiger partial charge in [0.1, 0.15) is 0 Å². The Bertz CT molecular complexity index is 608. The van der Waals surface area contributed by atoms with Gasteiger partial charge < -0.3 is 15.4 Å². The highest BCUT2D eigenvalue weighted by atomic mass is 127. The summed E-state index contributed by atoms with van der Waals surface area (Å²) in [6.45, 7) is 9.63. The molecule has 29 heavy (non-hydrogen) atoms. The van der Waals surface area contributed by atoms with Crippen molar-refractivity contribution in [3.63, 3.8) is 0 Å². The molecule has 0 radical (unpaired) electrons. The molecule has 166 valence electrons. The van der Waals surface area contributed by atoms with Crippen molar-refractivity contribution in [3.05, 3.63) is 30.3 Å². The van der Waals surface area contributed by atoms with Crippen LogP contribution in [0.3, 0.4) is 0 Å². The number of nitrogens with zero attached hydrogens (tertiary/aromatic N) is 2. The molecule has 2 unspecified atom stereocenters. The molecule has 0 bridgehead atoms. The molecule has 1 saturated heterocycles. The summed E-state index contributed by atoms with van der Waals surface area (Å²) in [6, 6.07) is 10.1. The highest BCUT2D eigenvalue weighted by Gasteiger charge is 2.26. The average Bonchev–Trinajstić information content (AvgIpc) is 2.76. The van der Waals surface area contributed by atoms with Gasteiger partial charge in [0, 0.05) is 49.9 Å². The van der Waals surface area contributed by atoms with E-state index in [1.54, 1.807) is 7.05 Å². The zero-order valence-corrected chi connectivity index (χ0v) is 21.1. The van der Waals surface area contributed by atoms with Crippen molar-refractivity contribution in [2.24, 2.45) is 10.9 Å². The molecule has 1 aliphatic heterocycles. The van der Waals surface area contributed by atoms with Crippen LogP contribution in [0.1, 0.15) is 26.7 Å². The van der Waals surface area contributed by atoms with E-state index in [1.807, 2.05) is 30.3 Å². The maximum atomic E-state index is 12.3. The van der Waals surface area contributed by atoms with E-state index in [2.05, 4.69) is 34.4 Å². The number of nitrogens with one attached hydrogen (secondary N) is 2. The van der Waals surface area contributed by atoms with Gasteiger partial charge in [-0.3, -0.25) is 14.1 Å². The zero-order chi connectivity index (χ0) is 20.2. The molecule has 0 aromatic heterocycles. The van der Waals surface area contributed by atoms with E-state index in [0.29, 0.717) is 24.3 Å². The van der Waals surface area contributed by atoms with Gasteiger partial charge >= 0.3 is 0 Å². The first-order valence-electron chi connectivity index (χ1n) is 10.4. The maximum absolute atomic E-state index is 12.3. The molecule has 0 saturated carbocycles. The second-order valence-electron chi connectivity index (χ2n) is 7.03. The summed E-state index contributed by atoms with van der Waals surface area (Å²) < 4.78 is 17.9. The van der Waals surface area contributed by atoms with Gasteiger partial charge in [-0.05, 0) is 18.1 Å². The molecule has 1 aromatic rings. The maximum Gasteiger partial charge on any atom is 0.191 e. The van der Waals surface area contributed by atoms with Crippen LogP contribution in [0.25, 0.3) is 0 Å². The van der Waals surface area contributed by atoms with Gasteiger partial charge in [-0.25, -0.2) is 0 Å². The number of ether oxygens (including phenoxy) is 1. The van der Waals surface area contributed by atoms with Gasteiger partial charge in [0.05, 0.1) is 24.0 Å². The lowest BCUT2D eigenvalue weighted by Gasteiger charge is -2.39. The van der Waals surface area contributed by atoms with Gasteiger partial charge in [-0.1, -0.05) is 44.9 Å². The molecule has 0 aliphatic carbocycles. The second kappa shape index (κ2) is 15.1. The lowest BCUT2D eigenvalue weighted by molar-refractivity contribution is 0.00272. The molecule has 1 aromatic carbocycles. The first-order chi connectivity index (χ1) is 13.7. The smallest absolute Gasteiger partial charge is 0.191 e. The summed E-state index contributed by atoms with van der Waals surface area (Å²) in [5.41, 5.74) is 0. The van der Waals surface area contributed by atoms with Crippen molar-refractivity contribution in [1.29, 1.82) is 0 Å². The van der Waals surface area contributed by atoms with Crippen molar-refractivity contribution < 1.29 is 8.95 Å². The van der Waals surface area contributed by atoms with Crippen LogP contribution in [0.4, 0.5) is 0 Å². The fourth-order valence-corrected chi connectivity index (χ4v) is 4.69. The van der Waals surface area contributed by atoms with Crippen LogP contribution >= 0.6 is 24.0 Å². The Hall–Kier alpha value is -0.710. The van der Waals surface area contributed by atoms with Crippen molar-refractivity contribution >= 4 is 40.7 Å². The van der Waals surface area contributed by atoms with E-state index in [1.165, 1.54) is 12.8 Å². The number of hydrogen-bond acceptors (Lipinski definition) is 4. The van der Waals surface area contributed by atoms with Crippen molar-refractivity contribution in [1.82, 2.24) is 15.5 Å². The quantitative estimate of drug-likeness (QED) is 0.274. The third kappa shape index (κ3) is 8.90. The predicted octanol–water partition coefficient (Wildman–Crippen LogP) is 2.71. The van der Waals surface area contributed by atoms with Crippen LogP contribution in [0.15, 0.2) is 40.2 Å². The van der Waals surface area contributed by atoms with Crippen LogP contribution in [-0.2, 0) is 15.5 Å². The first-order valence-corrected chi connectivity index (χ1v) is 11.7. The Labute approximate surface area is 195 Å². The molecular formula is C21H37IN4O2S. The summed E-state index contributed by atoms with van der Waals surface area (Å²) in [5.74, 6) is 1.98. The van der Waals surface area contributed by atoms with E-state index >= 15 is 0 Å². The Morgan fingerprint density at radius 3 is 2.41 bits per heavy atom. The van der Waals surface area contributed by atoms with E-state index in [-0.39, 0.29) is 24.0 Å². The van der Waals surface area contributed by atoms with Crippen LogP contribution in [0.2, 0.25) is 0 Å². The fourth-order valence-electron chi connectivity index (χ4n) is 3.71. The van der Waals surface area contributed by atoms with Crippen LogP contribution < -0.4 is 10.6 Å². The number of hydrogen-bond donors (Lipinski definition) is 2. The summed E-state index contributed by atoms with van der Waals surface area (Å²) in [5, 5.41) is 6.79. The minimum Gasteiger partial charge on any atom is -0.379 e. The molecule has 1 heterocycles. The minimum atomic E-state index is -0.996. The van der Waals surface area contributed by atoms with Gasteiger partial charge in [-0.2, -0.15) is 0 Å². The number of aliphatic imine (C=N–C) groups is 1. The first kappa shape index (κ1) is 26.3. The van der Waals surface area contributed by atoms with Crippen LogP contribution in [0.5, 0.6) is 0 Å². The molecule has 1 aliphatic rings. The lowest BCUT2D eigenvalue weighted by atomic mass is 9.92. The van der Waals surface area contributed by atoms with E-state index in [0.717, 1.165) is 43.7 Å². The zero-order valence-electron chi connectivity index (χ0n) is 17.9. The summed E-state index contributed by atoms with van der Waals surface area (Å²) in [7, 11) is 0.786. The Morgan fingerprint density at radius 1 is 1.17 bits per heavy atom. The number of morpholine rings is 1. The van der Waals surface area contributed by atoms with Crippen LogP contribution in [-0.4, -0.2) is 73.3 Å². The highest BCUT2D eigenvalue weighted by molar-refractivity contribution is 14.0.